The zero-order chi connectivity index (χ0) is 19.3. The number of fused-ring (bicyclic) bond motifs is 3. The first kappa shape index (κ1) is 17.4. The molecule has 4 rings (SSSR count). The van der Waals surface area contributed by atoms with Gasteiger partial charge in [-0.2, -0.15) is 0 Å². The summed E-state index contributed by atoms with van der Waals surface area (Å²) in [7, 11) is -3.77. The SMILES string of the molecule is Cc1ccc2c(ncc3[nH]c(=O)n([C@H](C)c4ccc(S(N)(=O)=O)cc4)c32)n1. The molecule has 0 spiro atoms. The number of aryl methyl sites for hydroxylation is 1. The molecule has 0 fully saturated rings. The summed E-state index contributed by atoms with van der Waals surface area (Å²) in [6.45, 7) is 3.75. The number of hydrogen-bond acceptors (Lipinski definition) is 5. The largest absolute Gasteiger partial charge is 0.327 e. The number of aromatic nitrogens is 4. The van der Waals surface area contributed by atoms with Gasteiger partial charge >= 0.3 is 5.69 Å². The van der Waals surface area contributed by atoms with E-state index >= 15 is 0 Å². The lowest BCUT2D eigenvalue weighted by atomic mass is 10.1. The molecule has 0 bridgehead atoms. The lowest BCUT2D eigenvalue weighted by molar-refractivity contribution is 0.597. The average Bonchev–Trinajstić information content (AvgIpc) is 2.96. The number of sulfonamides is 1. The van der Waals surface area contributed by atoms with E-state index in [1.165, 1.54) is 12.1 Å². The molecule has 138 valence electrons. The van der Waals surface area contributed by atoms with Crippen molar-refractivity contribution in [2.45, 2.75) is 24.8 Å². The number of primary sulfonamides is 1. The van der Waals surface area contributed by atoms with Gasteiger partial charge in [0, 0.05) is 11.1 Å². The minimum absolute atomic E-state index is 0.0269. The first-order valence-corrected chi connectivity index (χ1v) is 9.79. The van der Waals surface area contributed by atoms with Gasteiger partial charge in [-0.1, -0.05) is 12.1 Å². The molecule has 1 atom stereocenters. The van der Waals surface area contributed by atoms with Crippen molar-refractivity contribution in [1.29, 1.82) is 0 Å². The van der Waals surface area contributed by atoms with Crippen LogP contribution in [0.1, 0.15) is 24.2 Å². The van der Waals surface area contributed by atoms with Gasteiger partial charge in [-0.25, -0.2) is 28.3 Å². The summed E-state index contributed by atoms with van der Waals surface area (Å²) >= 11 is 0. The van der Waals surface area contributed by atoms with E-state index in [1.807, 2.05) is 26.0 Å². The number of pyridine rings is 2. The molecule has 9 heteroatoms. The van der Waals surface area contributed by atoms with E-state index in [-0.39, 0.29) is 16.6 Å². The van der Waals surface area contributed by atoms with Gasteiger partial charge in [0.1, 0.15) is 0 Å². The van der Waals surface area contributed by atoms with Crippen LogP contribution in [0.25, 0.3) is 22.1 Å². The van der Waals surface area contributed by atoms with Crippen LogP contribution in [0.15, 0.2) is 52.3 Å². The first-order valence-electron chi connectivity index (χ1n) is 8.25. The van der Waals surface area contributed by atoms with E-state index in [4.69, 9.17) is 5.14 Å². The molecule has 0 aliphatic rings. The Morgan fingerprint density at radius 2 is 1.85 bits per heavy atom. The highest BCUT2D eigenvalue weighted by atomic mass is 32.2. The summed E-state index contributed by atoms with van der Waals surface area (Å²) in [6, 6.07) is 9.61. The summed E-state index contributed by atoms with van der Waals surface area (Å²) in [5.74, 6) is 0. The second kappa shape index (κ2) is 6.00. The normalized spacial score (nSPS) is 13.3. The van der Waals surface area contributed by atoms with E-state index in [0.717, 1.165) is 16.6 Å². The van der Waals surface area contributed by atoms with Crippen LogP contribution >= 0.6 is 0 Å². The third-order valence-electron chi connectivity index (χ3n) is 4.62. The van der Waals surface area contributed by atoms with Gasteiger partial charge in [0.2, 0.25) is 10.0 Å². The van der Waals surface area contributed by atoms with Gasteiger partial charge in [0.15, 0.2) is 5.65 Å². The molecule has 0 saturated carbocycles. The van der Waals surface area contributed by atoms with Gasteiger partial charge < -0.3 is 4.98 Å². The maximum atomic E-state index is 12.6. The molecule has 8 nitrogen and oxygen atoms in total. The average molecular weight is 383 g/mol. The van der Waals surface area contributed by atoms with Crippen molar-refractivity contribution in [3.63, 3.8) is 0 Å². The number of benzene rings is 1. The van der Waals surface area contributed by atoms with Gasteiger partial charge in [-0.05, 0) is 43.7 Å². The molecule has 3 aromatic heterocycles. The van der Waals surface area contributed by atoms with Crippen molar-refractivity contribution in [2.75, 3.05) is 0 Å². The highest BCUT2D eigenvalue weighted by Gasteiger charge is 2.18. The molecule has 0 saturated heterocycles. The molecule has 3 heterocycles. The zero-order valence-corrected chi connectivity index (χ0v) is 15.5. The smallest absolute Gasteiger partial charge is 0.304 e. The van der Waals surface area contributed by atoms with Crippen LogP contribution < -0.4 is 10.8 Å². The maximum absolute atomic E-state index is 12.6. The van der Waals surface area contributed by atoms with Gasteiger partial charge in [-0.15, -0.1) is 0 Å². The van der Waals surface area contributed by atoms with Crippen LogP contribution in [-0.2, 0) is 10.0 Å². The van der Waals surface area contributed by atoms with Crippen LogP contribution in [0.4, 0.5) is 0 Å². The third kappa shape index (κ3) is 2.90. The fraction of sp³-hybridized carbons (Fsp3) is 0.167. The van der Waals surface area contributed by atoms with Crippen molar-refractivity contribution in [3.8, 4) is 0 Å². The molecule has 0 unspecified atom stereocenters. The van der Waals surface area contributed by atoms with Crippen LogP contribution in [0.3, 0.4) is 0 Å². The summed E-state index contributed by atoms with van der Waals surface area (Å²) in [4.78, 5) is 24.2. The predicted octanol–water partition coefficient (Wildman–Crippen LogP) is 1.84. The predicted molar refractivity (Wildman–Crippen MR) is 102 cm³/mol. The standard InChI is InChI=1S/C18H17N5O3S/c1-10-3-8-14-16-15(9-20-17(14)21-10)22-18(24)23(16)11(2)12-4-6-13(7-5-12)27(19,25)26/h3-9,11H,1-2H3,(H,22,24)(H2,19,25,26)/t11-/m1/s1. The molecule has 4 aromatic rings. The van der Waals surface area contributed by atoms with Crippen molar-refractivity contribution >= 4 is 32.1 Å². The molecule has 0 aliphatic carbocycles. The molecule has 27 heavy (non-hydrogen) atoms. The number of H-pyrrole nitrogens is 1. The molecule has 3 N–H and O–H groups in total. The number of nitrogens with two attached hydrogens (primary N) is 1. The Bertz CT molecular complexity index is 1340. The summed E-state index contributed by atoms with van der Waals surface area (Å²) in [6.07, 6.45) is 1.60. The molecule has 0 aliphatic heterocycles. The van der Waals surface area contributed by atoms with Crippen molar-refractivity contribution in [2.24, 2.45) is 5.14 Å². The Balaban J connectivity index is 1.92. The highest BCUT2D eigenvalue weighted by molar-refractivity contribution is 7.89. The highest BCUT2D eigenvalue weighted by Crippen LogP contribution is 2.26. The third-order valence-corrected chi connectivity index (χ3v) is 5.55. The van der Waals surface area contributed by atoms with Crippen LogP contribution in [0.2, 0.25) is 0 Å². The van der Waals surface area contributed by atoms with E-state index in [0.29, 0.717) is 16.7 Å². The number of nitrogens with zero attached hydrogens (tertiary/aromatic N) is 3. The molecule has 0 amide bonds. The number of hydrogen-bond donors (Lipinski definition) is 2. The molecular formula is C18H17N5O3S. The zero-order valence-electron chi connectivity index (χ0n) is 14.7. The first-order chi connectivity index (χ1) is 12.8. The lowest BCUT2D eigenvalue weighted by Crippen LogP contribution is -2.21. The van der Waals surface area contributed by atoms with Crippen molar-refractivity contribution in [3.05, 3.63) is 64.3 Å². The van der Waals surface area contributed by atoms with Crippen LogP contribution in [-0.4, -0.2) is 27.9 Å². The second-order valence-corrected chi connectivity index (χ2v) is 8.00. The van der Waals surface area contributed by atoms with Gasteiger partial charge in [-0.3, -0.25) is 4.57 Å². The Kier molecular flexibility index (Phi) is 3.86. The summed E-state index contributed by atoms with van der Waals surface area (Å²) < 4.78 is 24.5. The molecular weight excluding hydrogens is 366 g/mol. The van der Waals surface area contributed by atoms with E-state index in [1.54, 1.807) is 22.9 Å². The summed E-state index contributed by atoms with van der Waals surface area (Å²) in [5.41, 5.74) is 3.22. The van der Waals surface area contributed by atoms with Gasteiger partial charge in [0.05, 0.1) is 28.2 Å². The summed E-state index contributed by atoms with van der Waals surface area (Å²) in [5, 5.41) is 5.92. The monoisotopic (exact) mass is 383 g/mol. The van der Waals surface area contributed by atoms with Crippen molar-refractivity contribution in [1.82, 2.24) is 19.5 Å². The number of nitrogens with one attached hydrogen (secondary N) is 1. The minimum Gasteiger partial charge on any atom is -0.304 e. The quantitative estimate of drug-likeness (QED) is 0.559. The van der Waals surface area contributed by atoms with E-state index in [9.17, 15) is 13.2 Å². The second-order valence-electron chi connectivity index (χ2n) is 6.43. The van der Waals surface area contributed by atoms with Crippen LogP contribution in [0.5, 0.6) is 0 Å². The fourth-order valence-electron chi connectivity index (χ4n) is 3.24. The van der Waals surface area contributed by atoms with E-state index < -0.39 is 10.0 Å². The molecule has 1 aromatic carbocycles. The number of imidazole rings is 1. The van der Waals surface area contributed by atoms with Crippen molar-refractivity contribution < 1.29 is 8.42 Å². The van der Waals surface area contributed by atoms with Crippen LogP contribution in [0, 0.1) is 6.92 Å². The number of aromatic amines is 1. The topological polar surface area (TPSA) is 124 Å². The number of rotatable bonds is 3. The Labute approximate surface area is 154 Å². The lowest BCUT2D eigenvalue weighted by Gasteiger charge is -2.15. The maximum Gasteiger partial charge on any atom is 0.327 e. The molecule has 0 radical (unpaired) electrons. The Morgan fingerprint density at radius 3 is 2.52 bits per heavy atom. The minimum atomic E-state index is -3.77. The van der Waals surface area contributed by atoms with Gasteiger partial charge in [0.25, 0.3) is 0 Å². The van der Waals surface area contributed by atoms with E-state index in [2.05, 4.69) is 15.0 Å². The Morgan fingerprint density at radius 1 is 1.15 bits per heavy atom. The fourth-order valence-corrected chi connectivity index (χ4v) is 3.76. The Hall–Kier alpha value is -3.04.